The van der Waals surface area contributed by atoms with Crippen LogP contribution in [-0.4, -0.2) is 71.4 Å². The summed E-state index contributed by atoms with van der Waals surface area (Å²) in [7, 11) is 0. The van der Waals surface area contributed by atoms with E-state index in [-0.39, 0.29) is 36.8 Å². The molecule has 1 aromatic rings. The van der Waals surface area contributed by atoms with Crippen LogP contribution in [0.5, 0.6) is 5.75 Å². The van der Waals surface area contributed by atoms with Crippen LogP contribution >= 0.6 is 0 Å². The van der Waals surface area contributed by atoms with Gasteiger partial charge in [-0.05, 0) is 65.1 Å². The van der Waals surface area contributed by atoms with Gasteiger partial charge in [-0.25, -0.2) is 4.99 Å². The number of hydrogen-bond acceptors (Lipinski definition) is 7. The third-order valence-electron chi connectivity index (χ3n) is 7.26. The van der Waals surface area contributed by atoms with E-state index in [1.165, 1.54) is 4.90 Å². The van der Waals surface area contributed by atoms with Crippen LogP contribution in [0.4, 0.5) is 0 Å². The molecular formula is C25H30N3O6-. The second kappa shape index (κ2) is 8.08. The van der Waals surface area contributed by atoms with Crippen LogP contribution in [0, 0.1) is 0 Å². The Morgan fingerprint density at radius 1 is 1.26 bits per heavy atom. The van der Waals surface area contributed by atoms with E-state index in [0.717, 1.165) is 42.8 Å². The molecule has 0 N–H and O–H groups in total. The maximum Gasteiger partial charge on any atom is 0.320 e. The van der Waals surface area contributed by atoms with Gasteiger partial charge in [0.05, 0.1) is 25.7 Å². The summed E-state index contributed by atoms with van der Waals surface area (Å²) in [6.45, 7) is 8.23. The normalized spacial score (nSPS) is 24.0. The molecule has 4 aliphatic rings. The van der Waals surface area contributed by atoms with Crippen molar-refractivity contribution in [3.63, 3.8) is 0 Å². The highest BCUT2D eigenvalue weighted by atomic mass is 16.6. The second-order valence-electron chi connectivity index (χ2n) is 10.7. The van der Waals surface area contributed by atoms with Crippen LogP contribution < -0.4 is 9.84 Å². The number of esters is 1. The zero-order valence-corrected chi connectivity index (χ0v) is 19.9. The topological polar surface area (TPSA) is 112 Å². The van der Waals surface area contributed by atoms with Gasteiger partial charge in [0.15, 0.2) is 0 Å². The molecule has 2 amide bonds. The molecule has 0 bridgehead atoms. The first-order valence-electron chi connectivity index (χ1n) is 11.9. The molecule has 1 aromatic carbocycles. The summed E-state index contributed by atoms with van der Waals surface area (Å²) in [6, 6.07) is 3.14. The van der Waals surface area contributed by atoms with Crippen molar-refractivity contribution < 1.29 is 29.0 Å². The second-order valence-corrected chi connectivity index (χ2v) is 10.7. The lowest BCUT2D eigenvalue weighted by Crippen LogP contribution is -2.48. The number of carbonyl (C=O) groups is 3. The predicted molar refractivity (Wildman–Crippen MR) is 120 cm³/mol. The molecule has 5 rings (SSSR count). The maximum atomic E-state index is 13.1. The van der Waals surface area contributed by atoms with Gasteiger partial charge in [-0.2, -0.15) is 0 Å². The zero-order chi connectivity index (χ0) is 24.3. The van der Waals surface area contributed by atoms with Crippen molar-refractivity contribution >= 4 is 23.7 Å². The highest BCUT2D eigenvalue weighted by molar-refractivity contribution is 6.03. The van der Waals surface area contributed by atoms with Crippen LogP contribution in [0.3, 0.4) is 0 Å². The van der Waals surface area contributed by atoms with Gasteiger partial charge in [-0.3, -0.25) is 19.3 Å². The summed E-state index contributed by atoms with van der Waals surface area (Å²) in [5.41, 5.74) is 1.84. The van der Waals surface area contributed by atoms with E-state index in [1.54, 1.807) is 0 Å². The fourth-order valence-corrected chi connectivity index (χ4v) is 5.54. The summed E-state index contributed by atoms with van der Waals surface area (Å²) in [6.07, 6.45) is 2.18. The molecular weight excluding hydrogens is 438 g/mol. The fourth-order valence-electron chi connectivity index (χ4n) is 5.54. The Hall–Kier alpha value is -2.94. The lowest BCUT2D eigenvalue weighted by Gasteiger charge is -2.38. The lowest BCUT2D eigenvalue weighted by molar-refractivity contribution is -0.225. The quantitative estimate of drug-likeness (QED) is 0.612. The summed E-state index contributed by atoms with van der Waals surface area (Å²) in [5.74, 6) is -0.630. The fraction of sp³-hybridized carbons (Fsp3) is 0.600. The van der Waals surface area contributed by atoms with E-state index >= 15 is 0 Å². The Balaban J connectivity index is 1.31. The van der Waals surface area contributed by atoms with Crippen LogP contribution in [0.15, 0.2) is 17.1 Å². The smallest absolute Gasteiger partial charge is 0.320 e. The molecule has 1 saturated heterocycles. The zero-order valence-electron chi connectivity index (χ0n) is 19.9. The molecule has 9 nitrogen and oxygen atoms in total. The Labute approximate surface area is 198 Å². The summed E-state index contributed by atoms with van der Waals surface area (Å²) in [4.78, 5) is 44.0. The number of hydrogen-bond donors (Lipinski definition) is 0. The van der Waals surface area contributed by atoms with E-state index < -0.39 is 23.4 Å². The minimum atomic E-state index is -0.695. The van der Waals surface area contributed by atoms with Gasteiger partial charge in [0.25, 0.3) is 5.91 Å². The molecule has 4 aliphatic heterocycles. The highest BCUT2D eigenvalue weighted by Crippen LogP contribution is 2.49. The molecule has 0 aliphatic carbocycles. The van der Waals surface area contributed by atoms with Gasteiger partial charge in [0.1, 0.15) is 11.4 Å². The first-order chi connectivity index (χ1) is 16.1. The molecule has 1 fully saturated rings. The van der Waals surface area contributed by atoms with Crippen LogP contribution in [-0.2, 0) is 26.3 Å². The number of carbonyl (C=O) groups excluding carboxylic acids is 3. The average molecular weight is 469 g/mol. The molecule has 0 aromatic heterocycles. The van der Waals surface area contributed by atoms with Crippen molar-refractivity contribution in [1.82, 2.24) is 9.80 Å². The number of ether oxygens (including phenoxy) is 2. The van der Waals surface area contributed by atoms with Crippen molar-refractivity contribution in [3.05, 3.63) is 28.8 Å². The standard InChI is InChI=1S/C25H31N3O6/c1-24(2,3)34-20(30)13-27-10-8-25(9-11-27)14-33-21-16-12-28(18-6-7-19(29)26-22(18)31)23(32)15(16)4-5-17(21)25/h4-5,18H,6-14H2,1-3H3,(H,26,29,31)/p-1/t18-/m0/s1. The molecule has 182 valence electrons. The Kier molecular flexibility index (Phi) is 5.42. The van der Waals surface area contributed by atoms with Crippen molar-refractivity contribution in [3.8, 4) is 5.75 Å². The first kappa shape index (κ1) is 22.8. The van der Waals surface area contributed by atoms with Gasteiger partial charge >= 0.3 is 5.97 Å². The molecule has 0 radical (unpaired) electrons. The van der Waals surface area contributed by atoms with Gasteiger partial charge in [0.2, 0.25) is 5.91 Å². The minimum Gasteiger partial charge on any atom is -0.860 e. The lowest BCUT2D eigenvalue weighted by atomic mass is 9.74. The molecule has 1 spiro atoms. The number of benzene rings is 1. The van der Waals surface area contributed by atoms with E-state index in [9.17, 15) is 19.5 Å². The van der Waals surface area contributed by atoms with Gasteiger partial charge in [-0.15, -0.1) is 0 Å². The van der Waals surface area contributed by atoms with Gasteiger partial charge < -0.3 is 19.5 Å². The monoisotopic (exact) mass is 468 g/mol. The number of rotatable bonds is 3. The molecule has 9 heteroatoms. The third kappa shape index (κ3) is 3.96. The maximum absolute atomic E-state index is 13.1. The van der Waals surface area contributed by atoms with E-state index in [2.05, 4.69) is 9.89 Å². The highest BCUT2D eigenvalue weighted by Gasteiger charge is 2.47. The van der Waals surface area contributed by atoms with E-state index in [0.29, 0.717) is 18.6 Å². The number of aliphatic imine (C=N–C) groups is 1. The molecule has 0 saturated carbocycles. The van der Waals surface area contributed by atoms with Gasteiger partial charge in [0, 0.05) is 28.5 Å². The largest absolute Gasteiger partial charge is 0.860 e. The Morgan fingerprint density at radius 3 is 2.68 bits per heavy atom. The molecule has 0 unspecified atom stereocenters. The first-order valence-corrected chi connectivity index (χ1v) is 11.9. The minimum absolute atomic E-state index is 0.145. The van der Waals surface area contributed by atoms with Crippen molar-refractivity contribution in [2.24, 2.45) is 4.99 Å². The predicted octanol–water partition coefficient (Wildman–Crippen LogP) is 1.16. The number of nitrogens with zero attached hydrogens (tertiary/aromatic N) is 3. The van der Waals surface area contributed by atoms with E-state index in [4.69, 9.17) is 9.47 Å². The van der Waals surface area contributed by atoms with Crippen LogP contribution in [0.2, 0.25) is 0 Å². The SMILES string of the molecule is CC(C)(C)OC(=O)CN1CCC2(CC1)COc1c2ccc2c1CN([C@H]1CCC(=O)N=C1[O-])C2=O. The number of amides is 2. The Morgan fingerprint density at radius 2 is 2.00 bits per heavy atom. The van der Waals surface area contributed by atoms with Gasteiger partial charge in [-0.1, -0.05) is 6.07 Å². The van der Waals surface area contributed by atoms with Crippen LogP contribution in [0.1, 0.15) is 67.9 Å². The summed E-state index contributed by atoms with van der Waals surface area (Å²) in [5, 5.41) is 12.3. The van der Waals surface area contributed by atoms with Crippen molar-refractivity contribution in [2.75, 3.05) is 26.2 Å². The summed E-state index contributed by atoms with van der Waals surface area (Å²) >= 11 is 0. The van der Waals surface area contributed by atoms with Crippen molar-refractivity contribution in [2.45, 2.75) is 70.1 Å². The number of piperidine rings is 1. The van der Waals surface area contributed by atoms with E-state index in [1.807, 2.05) is 32.9 Å². The molecule has 34 heavy (non-hydrogen) atoms. The number of fused-ring (bicyclic) bond motifs is 4. The van der Waals surface area contributed by atoms with Crippen molar-refractivity contribution in [1.29, 1.82) is 0 Å². The molecule has 4 heterocycles. The average Bonchev–Trinajstić information content (AvgIpc) is 3.27. The number of likely N-dealkylation sites (tertiary alicyclic amines) is 1. The molecule has 1 atom stereocenters. The summed E-state index contributed by atoms with van der Waals surface area (Å²) < 4.78 is 11.6. The Bertz CT molecular complexity index is 1080. The third-order valence-corrected chi connectivity index (χ3v) is 7.26. The van der Waals surface area contributed by atoms with Crippen LogP contribution in [0.25, 0.3) is 0 Å².